The van der Waals surface area contributed by atoms with E-state index in [1.54, 1.807) is 0 Å². The van der Waals surface area contributed by atoms with Crippen LogP contribution in [-0.4, -0.2) is 16.3 Å². The fraction of sp³-hybridized carbons (Fsp3) is 0.647. The molecule has 0 unspecified atom stereocenters. The van der Waals surface area contributed by atoms with Crippen LogP contribution in [0.15, 0.2) is 30.3 Å². The number of benzene rings is 1. The maximum Gasteiger partial charge on any atom is 0.0887 e. The maximum atomic E-state index is 10.7. The van der Waals surface area contributed by atoms with Gasteiger partial charge in [0.25, 0.3) is 0 Å². The topological polar surface area (TPSA) is 29.5 Å². The third-order valence-electron chi connectivity index (χ3n) is 5.24. The number of aliphatic hydroxyl groups is 1. The van der Waals surface area contributed by atoms with Crippen LogP contribution in [0.2, 0.25) is 0 Å². The smallest absolute Gasteiger partial charge is 0.0887 e. The molecule has 2 aliphatic rings. The molecule has 1 aliphatic carbocycles. The number of rotatable bonds is 1. The Kier molecular flexibility index (Phi) is 2.99. The summed E-state index contributed by atoms with van der Waals surface area (Å²) in [5.41, 5.74) is 0.502. The van der Waals surface area contributed by atoms with E-state index in [1.807, 2.05) is 13.0 Å². The van der Waals surface area contributed by atoms with Crippen LogP contribution in [0.4, 0.5) is 0 Å². The Hall–Kier alpha value is -0.860. The molecule has 1 aromatic rings. The average molecular weight is 260 g/mol. The molecule has 1 aromatic carbocycles. The standard InChI is InChI=1S/C17H24O2/c1-16(2)13-9-10-17(3,18)14(11-13)15(19-16)12-7-5-4-6-8-12/h4-8,13-15,18H,9-11H2,1-3H3/t13-,14-,15-,17+/m0/s1. The maximum absolute atomic E-state index is 10.7. The zero-order chi connectivity index (χ0) is 13.7. The van der Waals surface area contributed by atoms with Gasteiger partial charge in [0.1, 0.15) is 0 Å². The van der Waals surface area contributed by atoms with Gasteiger partial charge in [-0.15, -0.1) is 0 Å². The third kappa shape index (κ3) is 2.21. The van der Waals surface area contributed by atoms with E-state index in [0.717, 1.165) is 19.3 Å². The normalized spacial score (nSPS) is 40.9. The molecule has 0 radical (unpaired) electrons. The van der Waals surface area contributed by atoms with Crippen molar-refractivity contribution in [2.45, 2.75) is 57.3 Å². The van der Waals surface area contributed by atoms with Crippen LogP contribution < -0.4 is 0 Å². The van der Waals surface area contributed by atoms with E-state index in [2.05, 4.69) is 38.1 Å². The van der Waals surface area contributed by atoms with Crippen molar-refractivity contribution in [2.24, 2.45) is 11.8 Å². The number of ether oxygens (including phenoxy) is 1. The SMILES string of the molecule is CC1(C)O[C@@H](c2ccccc2)[C@@H]2C[C@@H]1CC[C@@]2(C)O. The summed E-state index contributed by atoms with van der Waals surface area (Å²) in [6.07, 6.45) is 3.04. The molecule has 2 nitrogen and oxygen atoms in total. The van der Waals surface area contributed by atoms with E-state index >= 15 is 0 Å². The Morgan fingerprint density at radius 3 is 2.53 bits per heavy atom. The summed E-state index contributed by atoms with van der Waals surface area (Å²) in [6.45, 7) is 6.37. The minimum Gasteiger partial charge on any atom is -0.390 e. The van der Waals surface area contributed by atoms with E-state index in [1.165, 1.54) is 5.56 Å². The second-order valence-electron chi connectivity index (χ2n) is 6.99. The Labute approximate surface area is 115 Å². The van der Waals surface area contributed by atoms with Gasteiger partial charge in [0, 0.05) is 5.92 Å². The van der Waals surface area contributed by atoms with Gasteiger partial charge in [0.15, 0.2) is 0 Å². The summed E-state index contributed by atoms with van der Waals surface area (Å²) in [5, 5.41) is 10.7. The van der Waals surface area contributed by atoms with Gasteiger partial charge in [0.05, 0.1) is 17.3 Å². The van der Waals surface area contributed by atoms with Gasteiger partial charge in [-0.3, -0.25) is 0 Å². The molecular weight excluding hydrogens is 236 g/mol. The second kappa shape index (κ2) is 4.32. The van der Waals surface area contributed by atoms with Crippen LogP contribution in [0.1, 0.15) is 51.7 Å². The van der Waals surface area contributed by atoms with Crippen LogP contribution >= 0.6 is 0 Å². The van der Waals surface area contributed by atoms with E-state index in [-0.39, 0.29) is 17.6 Å². The largest absolute Gasteiger partial charge is 0.390 e. The molecule has 104 valence electrons. The molecule has 0 aromatic heterocycles. The van der Waals surface area contributed by atoms with Crippen molar-refractivity contribution in [1.82, 2.24) is 0 Å². The van der Waals surface area contributed by atoms with E-state index in [4.69, 9.17) is 4.74 Å². The molecule has 1 aliphatic heterocycles. The van der Waals surface area contributed by atoms with Crippen molar-refractivity contribution < 1.29 is 9.84 Å². The average Bonchev–Trinajstić information content (AvgIpc) is 2.36. The Morgan fingerprint density at radius 1 is 1.16 bits per heavy atom. The molecule has 1 saturated heterocycles. The molecule has 2 heteroatoms. The van der Waals surface area contributed by atoms with Crippen LogP contribution in [0, 0.1) is 11.8 Å². The quantitative estimate of drug-likeness (QED) is 0.834. The van der Waals surface area contributed by atoms with Crippen molar-refractivity contribution in [1.29, 1.82) is 0 Å². The predicted molar refractivity (Wildman–Crippen MR) is 75.8 cm³/mol. The third-order valence-corrected chi connectivity index (χ3v) is 5.24. The van der Waals surface area contributed by atoms with Crippen LogP contribution in [0.5, 0.6) is 0 Å². The van der Waals surface area contributed by atoms with Gasteiger partial charge >= 0.3 is 0 Å². The summed E-state index contributed by atoms with van der Waals surface area (Å²) in [6, 6.07) is 10.4. The predicted octanol–water partition coefficient (Wildman–Crippen LogP) is 3.70. The van der Waals surface area contributed by atoms with E-state index < -0.39 is 5.60 Å². The molecule has 1 saturated carbocycles. The first-order chi connectivity index (χ1) is 8.90. The van der Waals surface area contributed by atoms with Gasteiger partial charge in [-0.2, -0.15) is 0 Å². The van der Waals surface area contributed by atoms with E-state index in [0.29, 0.717) is 5.92 Å². The minimum atomic E-state index is -0.604. The molecular formula is C17H24O2. The summed E-state index contributed by atoms with van der Waals surface area (Å²) in [4.78, 5) is 0. The molecule has 0 spiro atoms. The summed E-state index contributed by atoms with van der Waals surface area (Å²) in [7, 11) is 0. The first-order valence-electron chi connectivity index (χ1n) is 7.35. The Balaban J connectivity index is 1.98. The summed E-state index contributed by atoms with van der Waals surface area (Å²) >= 11 is 0. The highest BCUT2D eigenvalue weighted by Gasteiger charge is 2.52. The summed E-state index contributed by atoms with van der Waals surface area (Å²) in [5.74, 6) is 0.777. The zero-order valence-electron chi connectivity index (χ0n) is 12.1. The van der Waals surface area contributed by atoms with E-state index in [9.17, 15) is 5.11 Å². The fourth-order valence-electron chi connectivity index (χ4n) is 3.86. The second-order valence-corrected chi connectivity index (χ2v) is 6.99. The zero-order valence-corrected chi connectivity index (χ0v) is 12.1. The number of fused-ring (bicyclic) bond motifs is 2. The number of hydrogen-bond donors (Lipinski definition) is 1. The molecule has 3 rings (SSSR count). The van der Waals surface area contributed by atoms with Crippen molar-refractivity contribution in [3.05, 3.63) is 35.9 Å². The van der Waals surface area contributed by atoms with Gasteiger partial charge < -0.3 is 9.84 Å². The first-order valence-corrected chi connectivity index (χ1v) is 7.35. The van der Waals surface area contributed by atoms with Gasteiger partial charge in [-0.25, -0.2) is 0 Å². The molecule has 4 atom stereocenters. The number of hydrogen-bond acceptors (Lipinski definition) is 2. The van der Waals surface area contributed by atoms with Crippen molar-refractivity contribution in [3.63, 3.8) is 0 Å². The van der Waals surface area contributed by atoms with Crippen LogP contribution in [0.25, 0.3) is 0 Å². The van der Waals surface area contributed by atoms with Crippen molar-refractivity contribution >= 4 is 0 Å². The molecule has 0 amide bonds. The molecule has 1 heterocycles. The van der Waals surface area contributed by atoms with Gasteiger partial charge in [-0.05, 0) is 51.5 Å². The highest BCUT2D eigenvalue weighted by molar-refractivity contribution is 5.21. The molecule has 19 heavy (non-hydrogen) atoms. The fourth-order valence-corrected chi connectivity index (χ4v) is 3.86. The lowest BCUT2D eigenvalue weighted by Crippen LogP contribution is -2.54. The van der Waals surface area contributed by atoms with Crippen molar-refractivity contribution in [2.75, 3.05) is 0 Å². The lowest BCUT2D eigenvalue weighted by atomic mass is 9.62. The van der Waals surface area contributed by atoms with Gasteiger partial charge in [-0.1, -0.05) is 30.3 Å². The minimum absolute atomic E-state index is 0.0164. The van der Waals surface area contributed by atoms with Crippen molar-refractivity contribution in [3.8, 4) is 0 Å². The highest BCUT2D eigenvalue weighted by atomic mass is 16.5. The molecule has 2 fully saturated rings. The lowest BCUT2D eigenvalue weighted by molar-refractivity contribution is -0.232. The lowest BCUT2D eigenvalue weighted by Gasteiger charge is -2.55. The molecule has 1 N–H and O–H groups in total. The summed E-state index contributed by atoms with van der Waals surface area (Å²) < 4.78 is 6.40. The van der Waals surface area contributed by atoms with Gasteiger partial charge in [0.2, 0.25) is 0 Å². The van der Waals surface area contributed by atoms with Crippen LogP contribution in [0.3, 0.4) is 0 Å². The Bertz CT molecular complexity index is 448. The first kappa shape index (κ1) is 13.1. The Morgan fingerprint density at radius 2 is 1.84 bits per heavy atom. The van der Waals surface area contributed by atoms with Crippen LogP contribution in [-0.2, 0) is 4.74 Å². The highest BCUT2D eigenvalue weighted by Crippen LogP contribution is 2.54. The monoisotopic (exact) mass is 260 g/mol. The molecule has 2 bridgehead atoms.